The number of fused-ring (bicyclic) bond motifs is 1. The van der Waals surface area contributed by atoms with Crippen LogP contribution < -0.4 is 14.8 Å². The molecule has 2 aromatic carbocycles. The van der Waals surface area contributed by atoms with Crippen molar-refractivity contribution < 1.29 is 19.1 Å². The molecule has 0 saturated heterocycles. The average Bonchev–Trinajstić information content (AvgIpc) is 2.67. The SMILES string of the molecule is CNC(=O)c1ccc(CN(C)C(=O)[C@@H]2COc3ccccc3O2)cc1. The van der Waals surface area contributed by atoms with Gasteiger partial charge in [-0.3, -0.25) is 9.59 Å². The van der Waals surface area contributed by atoms with Crippen LogP contribution in [0.25, 0.3) is 0 Å². The van der Waals surface area contributed by atoms with E-state index in [0.717, 1.165) is 5.56 Å². The third-order valence-corrected chi connectivity index (χ3v) is 4.02. The van der Waals surface area contributed by atoms with Gasteiger partial charge in [0.15, 0.2) is 11.5 Å². The fourth-order valence-electron chi connectivity index (χ4n) is 2.64. The van der Waals surface area contributed by atoms with E-state index in [2.05, 4.69) is 5.32 Å². The maximum Gasteiger partial charge on any atom is 0.267 e. The molecule has 0 unspecified atom stereocenters. The van der Waals surface area contributed by atoms with E-state index in [1.807, 2.05) is 30.3 Å². The molecule has 6 heteroatoms. The molecule has 0 spiro atoms. The van der Waals surface area contributed by atoms with Crippen LogP contribution in [0.3, 0.4) is 0 Å². The van der Waals surface area contributed by atoms with Gasteiger partial charge < -0.3 is 19.7 Å². The van der Waals surface area contributed by atoms with Crippen LogP contribution in [0.2, 0.25) is 0 Å². The third-order valence-electron chi connectivity index (χ3n) is 4.02. The van der Waals surface area contributed by atoms with E-state index in [0.29, 0.717) is 23.6 Å². The zero-order valence-corrected chi connectivity index (χ0v) is 14.2. The number of nitrogens with one attached hydrogen (secondary N) is 1. The summed E-state index contributed by atoms with van der Waals surface area (Å²) in [5, 5.41) is 2.58. The summed E-state index contributed by atoms with van der Waals surface area (Å²) in [7, 11) is 3.31. The van der Waals surface area contributed by atoms with Gasteiger partial charge in [-0.15, -0.1) is 0 Å². The van der Waals surface area contributed by atoms with Gasteiger partial charge in [-0.05, 0) is 29.8 Å². The Hall–Kier alpha value is -3.02. The molecule has 6 nitrogen and oxygen atoms in total. The molecule has 0 aliphatic carbocycles. The Morgan fingerprint density at radius 1 is 1.12 bits per heavy atom. The molecule has 0 aromatic heterocycles. The summed E-state index contributed by atoms with van der Waals surface area (Å²) in [6.07, 6.45) is -0.662. The van der Waals surface area contributed by atoms with Gasteiger partial charge in [0.25, 0.3) is 11.8 Å². The number of nitrogens with zero attached hydrogens (tertiary/aromatic N) is 1. The highest BCUT2D eigenvalue weighted by Gasteiger charge is 2.29. The molecule has 0 saturated carbocycles. The highest BCUT2D eigenvalue weighted by molar-refractivity contribution is 5.93. The summed E-state index contributed by atoms with van der Waals surface area (Å²) >= 11 is 0. The van der Waals surface area contributed by atoms with E-state index in [4.69, 9.17) is 9.47 Å². The van der Waals surface area contributed by atoms with Crippen molar-refractivity contribution in [2.24, 2.45) is 0 Å². The predicted octanol–water partition coefficient (Wildman–Crippen LogP) is 1.84. The highest BCUT2D eigenvalue weighted by atomic mass is 16.6. The molecule has 0 radical (unpaired) electrons. The van der Waals surface area contributed by atoms with E-state index >= 15 is 0 Å². The van der Waals surface area contributed by atoms with E-state index < -0.39 is 6.10 Å². The van der Waals surface area contributed by atoms with Crippen LogP contribution in [-0.4, -0.2) is 43.5 Å². The second kappa shape index (κ2) is 7.25. The van der Waals surface area contributed by atoms with Crippen molar-refractivity contribution in [3.8, 4) is 11.5 Å². The van der Waals surface area contributed by atoms with Crippen molar-refractivity contribution in [2.45, 2.75) is 12.6 Å². The lowest BCUT2D eigenvalue weighted by atomic mass is 10.1. The Balaban J connectivity index is 1.62. The Labute approximate surface area is 146 Å². The lowest BCUT2D eigenvalue weighted by Gasteiger charge is -2.28. The van der Waals surface area contributed by atoms with Crippen molar-refractivity contribution in [2.75, 3.05) is 20.7 Å². The smallest absolute Gasteiger partial charge is 0.267 e. The van der Waals surface area contributed by atoms with Crippen molar-refractivity contribution >= 4 is 11.8 Å². The van der Waals surface area contributed by atoms with Gasteiger partial charge in [0, 0.05) is 26.2 Å². The molecule has 1 N–H and O–H groups in total. The molecule has 25 heavy (non-hydrogen) atoms. The van der Waals surface area contributed by atoms with Crippen LogP contribution in [-0.2, 0) is 11.3 Å². The molecule has 1 aliphatic heterocycles. The molecule has 3 rings (SSSR count). The molecule has 130 valence electrons. The minimum absolute atomic E-state index is 0.137. The lowest BCUT2D eigenvalue weighted by molar-refractivity contribution is -0.140. The molecule has 0 fully saturated rings. The fourth-order valence-corrected chi connectivity index (χ4v) is 2.64. The summed E-state index contributed by atoms with van der Waals surface area (Å²) in [6, 6.07) is 14.4. The Kier molecular flexibility index (Phi) is 4.88. The molecule has 2 aromatic rings. The van der Waals surface area contributed by atoms with Crippen LogP contribution in [0, 0.1) is 0 Å². The number of para-hydroxylation sites is 2. The molecule has 2 amide bonds. The van der Waals surface area contributed by atoms with Crippen molar-refractivity contribution in [3.05, 3.63) is 59.7 Å². The molecular formula is C19H20N2O4. The van der Waals surface area contributed by atoms with Gasteiger partial charge in [-0.2, -0.15) is 0 Å². The number of hydrogen-bond donors (Lipinski definition) is 1. The van der Waals surface area contributed by atoms with Gasteiger partial charge in [-0.1, -0.05) is 24.3 Å². The number of carbonyl (C=O) groups excluding carboxylic acids is 2. The number of hydrogen-bond acceptors (Lipinski definition) is 4. The minimum Gasteiger partial charge on any atom is -0.485 e. The predicted molar refractivity (Wildman–Crippen MR) is 92.7 cm³/mol. The number of likely N-dealkylation sites (N-methyl/N-ethyl adjacent to an activating group) is 1. The number of benzene rings is 2. The van der Waals surface area contributed by atoms with E-state index in [1.165, 1.54) is 0 Å². The first-order chi connectivity index (χ1) is 12.1. The van der Waals surface area contributed by atoms with Gasteiger partial charge in [-0.25, -0.2) is 0 Å². The monoisotopic (exact) mass is 340 g/mol. The number of rotatable bonds is 4. The van der Waals surface area contributed by atoms with Crippen LogP contribution in [0.4, 0.5) is 0 Å². The highest BCUT2D eigenvalue weighted by Crippen LogP contribution is 2.31. The first-order valence-electron chi connectivity index (χ1n) is 8.03. The maximum atomic E-state index is 12.6. The number of carbonyl (C=O) groups is 2. The fraction of sp³-hybridized carbons (Fsp3) is 0.263. The summed E-state index contributed by atoms with van der Waals surface area (Å²) in [4.78, 5) is 25.7. The summed E-state index contributed by atoms with van der Waals surface area (Å²) in [5.74, 6) is 0.946. The van der Waals surface area contributed by atoms with Crippen LogP contribution in [0.1, 0.15) is 15.9 Å². The van der Waals surface area contributed by atoms with Crippen molar-refractivity contribution in [1.29, 1.82) is 0 Å². The second-order valence-corrected chi connectivity index (χ2v) is 5.83. The van der Waals surface area contributed by atoms with E-state index in [1.54, 1.807) is 37.2 Å². The van der Waals surface area contributed by atoms with Crippen LogP contribution in [0.15, 0.2) is 48.5 Å². The standard InChI is InChI=1S/C19H20N2O4/c1-20-18(22)14-9-7-13(8-10-14)11-21(2)19(23)17-12-24-15-5-3-4-6-16(15)25-17/h3-10,17H,11-12H2,1-2H3,(H,20,22)/t17-/m0/s1. The van der Waals surface area contributed by atoms with E-state index in [9.17, 15) is 9.59 Å². The average molecular weight is 340 g/mol. The molecule has 0 bridgehead atoms. The topological polar surface area (TPSA) is 67.9 Å². The summed E-state index contributed by atoms with van der Waals surface area (Å²) < 4.78 is 11.3. The second-order valence-electron chi connectivity index (χ2n) is 5.83. The summed E-state index contributed by atoms with van der Waals surface area (Å²) in [6.45, 7) is 0.615. The lowest BCUT2D eigenvalue weighted by Crippen LogP contribution is -2.44. The molecule has 1 aliphatic rings. The molecule has 1 atom stereocenters. The zero-order chi connectivity index (χ0) is 17.8. The first kappa shape index (κ1) is 16.8. The van der Waals surface area contributed by atoms with E-state index in [-0.39, 0.29) is 18.4 Å². The first-order valence-corrected chi connectivity index (χ1v) is 8.03. The van der Waals surface area contributed by atoms with Gasteiger partial charge in [0.2, 0.25) is 6.10 Å². The van der Waals surface area contributed by atoms with Crippen molar-refractivity contribution in [3.63, 3.8) is 0 Å². The van der Waals surface area contributed by atoms with Crippen molar-refractivity contribution in [1.82, 2.24) is 10.2 Å². The van der Waals surface area contributed by atoms with Gasteiger partial charge in [0.1, 0.15) is 6.61 Å². The Morgan fingerprint density at radius 3 is 2.48 bits per heavy atom. The quantitative estimate of drug-likeness (QED) is 0.922. The zero-order valence-electron chi connectivity index (χ0n) is 14.2. The molecular weight excluding hydrogens is 320 g/mol. The number of amides is 2. The third kappa shape index (κ3) is 3.74. The largest absolute Gasteiger partial charge is 0.485 e. The Bertz CT molecular complexity index is 773. The summed E-state index contributed by atoms with van der Waals surface area (Å²) in [5.41, 5.74) is 1.52. The minimum atomic E-state index is -0.662. The number of ether oxygens (including phenoxy) is 2. The van der Waals surface area contributed by atoms with Crippen LogP contribution >= 0.6 is 0 Å². The Morgan fingerprint density at radius 2 is 1.80 bits per heavy atom. The normalized spacial score (nSPS) is 15.4. The van der Waals surface area contributed by atoms with Gasteiger partial charge in [0.05, 0.1) is 0 Å². The maximum absolute atomic E-state index is 12.6. The molecule has 1 heterocycles. The van der Waals surface area contributed by atoms with Crippen LogP contribution in [0.5, 0.6) is 11.5 Å². The van der Waals surface area contributed by atoms with Gasteiger partial charge >= 0.3 is 0 Å².